The average Bonchev–Trinajstić information content (AvgIpc) is 3.01. The lowest BCUT2D eigenvalue weighted by molar-refractivity contribution is -0.143. The van der Waals surface area contributed by atoms with Crippen LogP contribution in [0.1, 0.15) is 31.9 Å². The van der Waals surface area contributed by atoms with Gasteiger partial charge in [0.25, 0.3) is 0 Å². The second-order valence-electron chi connectivity index (χ2n) is 5.34. The Labute approximate surface area is 153 Å². The van der Waals surface area contributed by atoms with Gasteiger partial charge in [0.2, 0.25) is 0 Å². The summed E-state index contributed by atoms with van der Waals surface area (Å²) in [5.41, 5.74) is -1.67. The fourth-order valence-corrected chi connectivity index (χ4v) is 2.30. The first-order chi connectivity index (χ1) is 12.5. The van der Waals surface area contributed by atoms with Gasteiger partial charge in [-0.3, -0.25) is 0 Å². The largest absolute Gasteiger partial charge is 0.416 e. The second-order valence-corrected chi connectivity index (χ2v) is 5.34. The molecule has 9 heteroatoms. The molecule has 1 aromatic rings. The summed E-state index contributed by atoms with van der Waals surface area (Å²) in [6.07, 6.45) is -7.99. The van der Waals surface area contributed by atoms with E-state index in [1.807, 2.05) is 19.9 Å². The van der Waals surface area contributed by atoms with Crippen molar-refractivity contribution in [3.05, 3.63) is 53.4 Å². The monoisotopic (exact) mass is 393 g/mol. The van der Waals surface area contributed by atoms with E-state index >= 15 is 0 Å². The van der Waals surface area contributed by atoms with Crippen LogP contribution in [0.15, 0.2) is 47.2 Å². The first-order valence-corrected chi connectivity index (χ1v) is 8.20. The van der Waals surface area contributed by atoms with Gasteiger partial charge in [-0.15, -0.1) is 0 Å². The second kappa shape index (κ2) is 9.07. The standard InChI is InChI=1S/C16H15F6N3.C2H6/c1-3-10-7-23-8-14(10)25-9(2)24-13-5-11(15(17,18)19)4-12(6-13)16(20,21)22;1-2/h3-6,23-24H,2,7-8H2,1H3;1-2H3/b10-3-,25-14-;. The summed E-state index contributed by atoms with van der Waals surface area (Å²) < 4.78 is 77.0. The van der Waals surface area contributed by atoms with E-state index in [9.17, 15) is 26.3 Å². The molecule has 2 N–H and O–H groups in total. The number of allylic oxidation sites excluding steroid dienone is 1. The number of anilines is 1. The van der Waals surface area contributed by atoms with Crippen LogP contribution in [-0.4, -0.2) is 18.8 Å². The van der Waals surface area contributed by atoms with Crippen LogP contribution in [0.3, 0.4) is 0 Å². The van der Waals surface area contributed by atoms with E-state index in [-0.39, 0.29) is 17.6 Å². The van der Waals surface area contributed by atoms with E-state index in [1.165, 1.54) is 0 Å². The van der Waals surface area contributed by atoms with Crippen LogP contribution in [0.4, 0.5) is 32.0 Å². The van der Waals surface area contributed by atoms with E-state index in [0.717, 1.165) is 5.57 Å². The summed E-state index contributed by atoms with van der Waals surface area (Å²) in [5.74, 6) is -0.0505. The van der Waals surface area contributed by atoms with Gasteiger partial charge in [-0.05, 0) is 30.7 Å². The van der Waals surface area contributed by atoms with Crippen LogP contribution in [-0.2, 0) is 12.4 Å². The predicted octanol–water partition coefficient (Wildman–Crippen LogP) is 5.62. The molecule has 3 nitrogen and oxygen atoms in total. The number of nitrogens with zero attached hydrogens (tertiary/aromatic N) is 1. The molecule has 0 atom stereocenters. The number of hydrogen-bond acceptors (Lipinski definition) is 3. The Morgan fingerprint density at radius 1 is 1.04 bits per heavy atom. The third-order valence-electron chi connectivity index (χ3n) is 3.47. The van der Waals surface area contributed by atoms with Gasteiger partial charge in [0.15, 0.2) is 0 Å². The Morgan fingerprint density at radius 2 is 1.56 bits per heavy atom. The van der Waals surface area contributed by atoms with Gasteiger partial charge < -0.3 is 10.6 Å². The molecular formula is C18H21F6N3. The highest BCUT2D eigenvalue weighted by molar-refractivity contribution is 6.04. The van der Waals surface area contributed by atoms with Crippen molar-refractivity contribution in [1.82, 2.24) is 5.32 Å². The molecule has 150 valence electrons. The van der Waals surface area contributed by atoms with Gasteiger partial charge in [-0.25, -0.2) is 4.99 Å². The summed E-state index contributed by atoms with van der Waals surface area (Å²) in [6, 6.07) is 1.24. The number of rotatable bonds is 3. The predicted molar refractivity (Wildman–Crippen MR) is 94.6 cm³/mol. The zero-order chi connectivity index (χ0) is 20.8. The van der Waals surface area contributed by atoms with Gasteiger partial charge >= 0.3 is 12.4 Å². The smallest absolute Gasteiger partial charge is 0.341 e. The molecule has 0 aliphatic carbocycles. The number of aliphatic imine (C=N–C) groups is 1. The first kappa shape index (κ1) is 22.8. The maximum absolute atomic E-state index is 12.8. The fraction of sp³-hybridized carbons (Fsp3) is 0.389. The minimum Gasteiger partial charge on any atom is -0.341 e. The molecule has 0 radical (unpaired) electrons. The maximum Gasteiger partial charge on any atom is 0.416 e. The highest BCUT2D eigenvalue weighted by atomic mass is 19.4. The molecule has 1 aliphatic heterocycles. The van der Waals surface area contributed by atoms with Gasteiger partial charge in [0.05, 0.1) is 16.8 Å². The van der Waals surface area contributed by atoms with E-state index in [2.05, 4.69) is 22.2 Å². The van der Waals surface area contributed by atoms with Crippen molar-refractivity contribution in [2.45, 2.75) is 33.1 Å². The van der Waals surface area contributed by atoms with Crippen LogP contribution in [0.25, 0.3) is 0 Å². The van der Waals surface area contributed by atoms with E-state index in [0.29, 0.717) is 30.9 Å². The van der Waals surface area contributed by atoms with Crippen molar-refractivity contribution in [3.8, 4) is 0 Å². The van der Waals surface area contributed by atoms with Gasteiger partial charge in [0.1, 0.15) is 5.82 Å². The third-order valence-corrected chi connectivity index (χ3v) is 3.47. The van der Waals surface area contributed by atoms with Crippen LogP contribution in [0.2, 0.25) is 0 Å². The Hall–Kier alpha value is -2.29. The number of nitrogens with one attached hydrogen (secondary N) is 2. The van der Waals surface area contributed by atoms with Crippen molar-refractivity contribution in [3.63, 3.8) is 0 Å². The SMILES string of the molecule is C=C(/N=C1/CNC/C1=C/C)Nc1cc(C(F)(F)F)cc(C(F)(F)F)c1.CC. The quantitative estimate of drug-likeness (QED) is 0.654. The minimum absolute atomic E-state index is 0.0505. The van der Waals surface area contributed by atoms with Crippen molar-refractivity contribution in [2.75, 3.05) is 18.4 Å². The molecule has 1 aromatic carbocycles. The van der Waals surface area contributed by atoms with Crippen LogP contribution in [0, 0.1) is 0 Å². The van der Waals surface area contributed by atoms with Gasteiger partial charge in [-0.1, -0.05) is 26.5 Å². The lowest BCUT2D eigenvalue weighted by atomic mass is 10.1. The molecule has 2 rings (SSSR count). The number of halogens is 6. The molecule has 0 saturated carbocycles. The highest BCUT2D eigenvalue weighted by Gasteiger charge is 2.37. The van der Waals surface area contributed by atoms with Crippen LogP contribution >= 0.6 is 0 Å². The molecule has 1 saturated heterocycles. The molecule has 1 heterocycles. The summed E-state index contributed by atoms with van der Waals surface area (Å²) in [7, 11) is 0. The van der Waals surface area contributed by atoms with Crippen molar-refractivity contribution in [1.29, 1.82) is 0 Å². The lowest BCUT2D eigenvalue weighted by Gasteiger charge is -2.15. The Morgan fingerprint density at radius 3 is 2.00 bits per heavy atom. The number of alkyl halides is 6. The molecule has 0 unspecified atom stereocenters. The number of benzene rings is 1. The van der Waals surface area contributed by atoms with Crippen molar-refractivity contribution in [2.24, 2.45) is 4.99 Å². The topological polar surface area (TPSA) is 36.4 Å². The van der Waals surface area contributed by atoms with E-state index < -0.39 is 23.5 Å². The Balaban J connectivity index is 0.00000176. The minimum atomic E-state index is -4.90. The highest BCUT2D eigenvalue weighted by Crippen LogP contribution is 2.37. The van der Waals surface area contributed by atoms with Gasteiger partial charge in [-0.2, -0.15) is 26.3 Å². The van der Waals surface area contributed by atoms with Crippen molar-refractivity contribution >= 4 is 11.4 Å². The average molecular weight is 393 g/mol. The maximum atomic E-state index is 12.8. The van der Waals surface area contributed by atoms with Crippen molar-refractivity contribution < 1.29 is 26.3 Å². The van der Waals surface area contributed by atoms with Crippen LogP contribution < -0.4 is 10.6 Å². The summed E-state index contributed by atoms with van der Waals surface area (Å²) in [6.45, 7) is 10.4. The molecule has 27 heavy (non-hydrogen) atoms. The first-order valence-electron chi connectivity index (χ1n) is 8.20. The molecular weight excluding hydrogens is 372 g/mol. The summed E-state index contributed by atoms with van der Waals surface area (Å²) in [5, 5.41) is 5.44. The molecule has 0 aromatic heterocycles. The van der Waals surface area contributed by atoms with E-state index in [1.54, 1.807) is 6.92 Å². The lowest BCUT2D eigenvalue weighted by Crippen LogP contribution is -2.12. The molecule has 0 amide bonds. The normalized spacial score (nSPS) is 17.7. The molecule has 0 bridgehead atoms. The summed E-state index contributed by atoms with van der Waals surface area (Å²) in [4.78, 5) is 4.13. The Kier molecular flexibility index (Phi) is 7.65. The molecule has 1 aliphatic rings. The van der Waals surface area contributed by atoms with Gasteiger partial charge in [0, 0.05) is 18.8 Å². The molecule has 1 fully saturated rings. The van der Waals surface area contributed by atoms with E-state index in [4.69, 9.17) is 0 Å². The number of hydrogen-bond donors (Lipinski definition) is 2. The summed E-state index contributed by atoms with van der Waals surface area (Å²) >= 11 is 0. The fourth-order valence-electron chi connectivity index (χ4n) is 2.30. The zero-order valence-corrected chi connectivity index (χ0v) is 15.1. The Bertz CT molecular complexity index is 697. The van der Waals surface area contributed by atoms with Crippen LogP contribution in [0.5, 0.6) is 0 Å². The molecule has 0 spiro atoms. The third kappa shape index (κ3) is 6.42. The zero-order valence-electron chi connectivity index (χ0n) is 15.1.